The summed E-state index contributed by atoms with van der Waals surface area (Å²) in [6.07, 6.45) is 1.44. The van der Waals surface area contributed by atoms with Crippen LogP contribution in [0.15, 0.2) is 35.3 Å². The van der Waals surface area contributed by atoms with E-state index in [1.54, 1.807) is 5.43 Å². The first-order chi connectivity index (χ1) is 16.7. The molecule has 7 N–H and O–H groups in total. The van der Waals surface area contributed by atoms with E-state index in [1.165, 1.54) is 7.11 Å². The molecule has 0 aliphatic carbocycles. The first kappa shape index (κ1) is 29.1. The fourth-order valence-corrected chi connectivity index (χ4v) is 2.88. The van der Waals surface area contributed by atoms with E-state index in [-0.39, 0.29) is 25.5 Å². The number of ether oxygens (including phenoxy) is 2. The standard InChI is InChI=1S/C21H33N7O7/c1-34-19(30)17(11-7-13-24-20(23)27-28(32)33)26-18(29)16(22)10-5-6-12-25-21(31)35-14-15-8-3-2-4-9-15/h2-4,8-9,16-17H,5-7,10-14,22H2,1H3,(H,25,31)(H,26,29)(H3,23,24,27)/t16-,17-/m1/s1. The number of nitro groups is 1. The van der Waals surface area contributed by atoms with Crippen LogP contribution in [0.4, 0.5) is 4.79 Å². The van der Waals surface area contributed by atoms with Gasteiger partial charge in [0.15, 0.2) is 5.03 Å². The highest BCUT2D eigenvalue weighted by Crippen LogP contribution is 2.04. The van der Waals surface area contributed by atoms with Crippen molar-refractivity contribution in [1.82, 2.24) is 16.1 Å². The van der Waals surface area contributed by atoms with Gasteiger partial charge in [0.25, 0.3) is 5.96 Å². The second-order valence-electron chi connectivity index (χ2n) is 7.45. The summed E-state index contributed by atoms with van der Waals surface area (Å²) in [7, 11) is 1.19. The predicted molar refractivity (Wildman–Crippen MR) is 126 cm³/mol. The Morgan fingerprint density at radius 3 is 2.51 bits per heavy atom. The van der Waals surface area contributed by atoms with Crippen LogP contribution >= 0.6 is 0 Å². The third-order valence-corrected chi connectivity index (χ3v) is 4.70. The minimum absolute atomic E-state index is 0.100. The highest BCUT2D eigenvalue weighted by atomic mass is 16.7. The van der Waals surface area contributed by atoms with Crippen molar-refractivity contribution >= 4 is 23.9 Å². The monoisotopic (exact) mass is 495 g/mol. The van der Waals surface area contributed by atoms with Gasteiger partial charge in [-0.15, -0.1) is 0 Å². The number of aliphatic imine (C=N–C) groups is 1. The van der Waals surface area contributed by atoms with Gasteiger partial charge in [0.2, 0.25) is 5.91 Å². The lowest BCUT2D eigenvalue weighted by Crippen LogP contribution is -2.48. The number of esters is 1. The summed E-state index contributed by atoms with van der Waals surface area (Å²) in [5, 5.41) is 14.6. The molecular formula is C21H33N7O7. The van der Waals surface area contributed by atoms with E-state index in [0.29, 0.717) is 32.2 Å². The lowest BCUT2D eigenvalue weighted by molar-refractivity contribution is -0.525. The number of methoxy groups -OCH3 is 1. The molecule has 14 nitrogen and oxygen atoms in total. The average molecular weight is 496 g/mol. The van der Waals surface area contributed by atoms with Crippen LogP contribution in [0, 0.1) is 10.1 Å². The molecular weight excluding hydrogens is 462 g/mol. The third kappa shape index (κ3) is 13.4. The molecule has 0 aromatic heterocycles. The number of rotatable bonds is 15. The van der Waals surface area contributed by atoms with Crippen molar-refractivity contribution in [2.24, 2.45) is 16.5 Å². The van der Waals surface area contributed by atoms with Gasteiger partial charge in [-0.2, -0.15) is 0 Å². The first-order valence-electron chi connectivity index (χ1n) is 11.0. The van der Waals surface area contributed by atoms with Gasteiger partial charge in [-0.05, 0) is 37.7 Å². The number of guanidine groups is 1. The Kier molecular flexibility index (Phi) is 13.8. The molecule has 2 amide bonds. The van der Waals surface area contributed by atoms with Crippen LogP contribution in [0.1, 0.15) is 37.7 Å². The molecule has 0 aliphatic heterocycles. The van der Waals surface area contributed by atoms with Crippen LogP contribution in [0.3, 0.4) is 0 Å². The Morgan fingerprint density at radius 2 is 1.86 bits per heavy atom. The van der Waals surface area contributed by atoms with Gasteiger partial charge in [0, 0.05) is 13.1 Å². The fraction of sp³-hybridized carbons (Fsp3) is 0.524. The summed E-state index contributed by atoms with van der Waals surface area (Å²) < 4.78 is 9.81. The Morgan fingerprint density at radius 1 is 1.14 bits per heavy atom. The zero-order chi connectivity index (χ0) is 26.1. The molecule has 0 unspecified atom stereocenters. The zero-order valence-electron chi connectivity index (χ0n) is 19.6. The molecule has 0 saturated carbocycles. The van der Waals surface area contributed by atoms with Crippen molar-refractivity contribution in [2.45, 2.75) is 50.8 Å². The number of nitrogens with zero attached hydrogens (tertiary/aromatic N) is 2. The fourth-order valence-electron chi connectivity index (χ4n) is 2.88. The van der Waals surface area contributed by atoms with E-state index < -0.39 is 35.1 Å². The molecule has 14 heteroatoms. The van der Waals surface area contributed by atoms with E-state index in [2.05, 4.69) is 15.6 Å². The Labute approximate surface area is 202 Å². The highest BCUT2D eigenvalue weighted by molar-refractivity contribution is 5.87. The second kappa shape index (κ2) is 16.6. The number of alkyl carbamates (subject to hydrolysis) is 1. The van der Waals surface area contributed by atoms with Crippen LogP contribution in [0.5, 0.6) is 0 Å². The Bertz CT molecular complexity index is 852. The van der Waals surface area contributed by atoms with Crippen LogP contribution in [-0.2, 0) is 25.7 Å². The molecule has 2 atom stereocenters. The summed E-state index contributed by atoms with van der Waals surface area (Å²) in [5.41, 5.74) is 13.8. The Balaban J connectivity index is 2.28. The maximum Gasteiger partial charge on any atom is 0.407 e. The lowest BCUT2D eigenvalue weighted by atomic mass is 10.1. The molecule has 0 heterocycles. The van der Waals surface area contributed by atoms with Crippen molar-refractivity contribution in [3.63, 3.8) is 0 Å². The van der Waals surface area contributed by atoms with Crippen LogP contribution in [0.2, 0.25) is 0 Å². The van der Waals surface area contributed by atoms with Crippen molar-refractivity contribution in [3.05, 3.63) is 46.0 Å². The zero-order valence-corrected chi connectivity index (χ0v) is 19.6. The number of amides is 2. The molecule has 194 valence electrons. The number of hydrazine groups is 1. The van der Waals surface area contributed by atoms with Crippen LogP contribution in [-0.4, -0.2) is 61.2 Å². The van der Waals surface area contributed by atoms with Gasteiger partial charge >= 0.3 is 12.1 Å². The van der Waals surface area contributed by atoms with E-state index in [4.69, 9.17) is 20.9 Å². The topological polar surface area (TPSA) is 213 Å². The summed E-state index contributed by atoms with van der Waals surface area (Å²) >= 11 is 0. The molecule has 1 rings (SSSR count). The number of carbonyl (C=O) groups is 3. The number of nitrogens with two attached hydrogens (primary N) is 2. The van der Waals surface area contributed by atoms with Crippen molar-refractivity contribution in [2.75, 3.05) is 20.2 Å². The maximum atomic E-state index is 12.4. The molecule has 0 radical (unpaired) electrons. The molecule has 0 bridgehead atoms. The second-order valence-corrected chi connectivity index (χ2v) is 7.45. The Hall–Kier alpha value is -3.94. The molecule has 0 saturated heterocycles. The number of hydrogen-bond acceptors (Lipinski definition) is 9. The molecule has 35 heavy (non-hydrogen) atoms. The molecule has 0 aliphatic rings. The lowest BCUT2D eigenvalue weighted by Gasteiger charge is -2.19. The van der Waals surface area contributed by atoms with Crippen LogP contribution < -0.4 is 27.5 Å². The summed E-state index contributed by atoms with van der Waals surface area (Å²) in [5.74, 6) is -1.53. The normalized spacial score (nSPS) is 12.7. The van der Waals surface area contributed by atoms with Gasteiger partial charge in [0.05, 0.1) is 13.2 Å². The summed E-state index contributed by atoms with van der Waals surface area (Å²) in [6, 6.07) is 7.49. The average Bonchev–Trinajstić information content (AvgIpc) is 2.83. The third-order valence-electron chi connectivity index (χ3n) is 4.70. The molecule has 1 aromatic carbocycles. The summed E-state index contributed by atoms with van der Waals surface area (Å²) in [4.78, 5) is 50.0. The maximum absolute atomic E-state index is 12.4. The molecule has 1 aromatic rings. The minimum atomic E-state index is -0.945. The van der Waals surface area contributed by atoms with Gasteiger partial charge in [-0.1, -0.05) is 35.8 Å². The smallest absolute Gasteiger partial charge is 0.407 e. The van der Waals surface area contributed by atoms with Gasteiger partial charge in [-0.3, -0.25) is 4.79 Å². The predicted octanol–water partition coefficient (Wildman–Crippen LogP) is -0.0556. The van der Waals surface area contributed by atoms with E-state index in [0.717, 1.165) is 5.56 Å². The van der Waals surface area contributed by atoms with Crippen LogP contribution in [0.25, 0.3) is 0 Å². The largest absolute Gasteiger partial charge is 0.467 e. The van der Waals surface area contributed by atoms with Gasteiger partial charge in [-0.25, -0.2) is 24.7 Å². The first-order valence-corrected chi connectivity index (χ1v) is 11.0. The van der Waals surface area contributed by atoms with E-state index in [1.807, 2.05) is 30.3 Å². The number of benzene rings is 1. The SMILES string of the molecule is COC(=O)[C@@H](CCCN=C(N)N[N+](=O)[O-])NC(=O)[C@H](N)CCCCNC(=O)OCc1ccccc1. The number of unbranched alkanes of at least 4 members (excludes halogenated alkanes) is 1. The highest BCUT2D eigenvalue weighted by Gasteiger charge is 2.24. The number of carbonyl (C=O) groups excluding carboxylic acids is 3. The van der Waals surface area contributed by atoms with E-state index >= 15 is 0 Å². The summed E-state index contributed by atoms with van der Waals surface area (Å²) in [6.45, 7) is 0.638. The minimum Gasteiger partial charge on any atom is -0.467 e. The van der Waals surface area contributed by atoms with E-state index in [9.17, 15) is 24.5 Å². The molecule has 0 spiro atoms. The van der Waals surface area contributed by atoms with Gasteiger partial charge < -0.3 is 31.6 Å². The number of nitrogens with one attached hydrogen (secondary N) is 3. The van der Waals surface area contributed by atoms with Gasteiger partial charge in [0.1, 0.15) is 12.6 Å². The molecule has 0 fully saturated rings. The number of hydrogen-bond donors (Lipinski definition) is 5. The van der Waals surface area contributed by atoms with Crippen molar-refractivity contribution in [1.29, 1.82) is 0 Å². The quantitative estimate of drug-likeness (QED) is 0.0546. The van der Waals surface area contributed by atoms with Crippen molar-refractivity contribution < 1.29 is 28.9 Å². The van der Waals surface area contributed by atoms with Crippen molar-refractivity contribution in [3.8, 4) is 0 Å².